The Morgan fingerprint density at radius 1 is 0.438 bits per heavy atom. The van der Waals surface area contributed by atoms with Gasteiger partial charge in [-0.2, -0.15) is 0 Å². The predicted octanol–water partition coefficient (Wildman–Crippen LogP) is 15.1. The normalized spacial score (nSPS) is 11.8. The molecule has 9 aromatic carbocycles. The average molecular weight is 883 g/mol. The van der Waals surface area contributed by atoms with E-state index in [1.54, 1.807) is 6.20 Å². The molecule has 0 atom stereocenters. The maximum absolute atomic E-state index is 4.90. The Bertz CT molecular complexity index is 3560. The molecule has 0 amide bonds. The number of rotatable bonds is 7. The van der Waals surface area contributed by atoms with Gasteiger partial charge in [-0.25, -0.2) is 0 Å². The molecule has 0 unspecified atom stereocenters. The number of aromatic nitrogens is 3. The molecule has 12 rings (SSSR count). The first-order valence-corrected chi connectivity index (χ1v) is 23.6. The number of aryl methyl sites for hydroxylation is 1. The summed E-state index contributed by atoms with van der Waals surface area (Å²) >= 11 is 0.0105. The Morgan fingerprint density at radius 2 is 1.03 bits per heavy atom. The molecule has 0 radical (unpaired) electrons. The van der Waals surface area contributed by atoms with Gasteiger partial charge in [0.05, 0.1) is 0 Å². The van der Waals surface area contributed by atoms with Gasteiger partial charge in [0.15, 0.2) is 0 Å². The van der Waals surface area contributed by atoms with Gasteiger partial charge in [-0.05, 0) is 0 Å². The Hall–Kier alpha value is -7.49. The molecular weight excluding hydrogens is 842 g/mol. The maximum atomic E-state index is 4.90. The Morgan fingerprint density at radius 3 is 1.72 bits per heavy atom. The van der Waals surface area contributed by atoms with Gasteiger partial charge in [0, 0.05) is 0 Å². The summed E-state index contributed by atoms with van der Waals surface area (Å²) in [4.78, 5) is 0. The van der Waals surface area contributed by atoms with E-state index in [1.807, 2.05) is 6.07 Å². The van der Waals surface area contributed by atoms with Gasteiger partial charge in [0.25, 0.3) is 0 Å². The van der Waals surface area contributed by atoms with Gasteiger partial charge in [-0.15, -0.1) is 0 Å². The number of hydrogen-bond acceptors (Lipinski definition) is 3. The van der Waals surface area contributed by atoms with Crippen molar-refractivity contribution in [3.05, 3.63) is 223 Å². The van der Waals surface area contributed by atoms with Crippen LogP contribution in [0, 0.1) is 13.8 Å². The van der Waals surface area contributed by atoms with Crippen LogP contribution in [0.2, 0.25) is 0 Å². The number of nitrogens with zero attached hydrogens (tertiary/aromatic N) is 3. The Labute approximate surface area is 379 Å². The molecule has 11 aromatic rings. The molecule has 0 aliphatic heterocycles. The third-order valence-corrected chi connectivity index (χ3v) is 15.7. The van der Waals surface area contributed by atoms with E-state index < -0.39 is 0 Å². The summed E-state index contributed by atoms with van der Waals surface area (Å²) in [7, 11) is 0. The summed E-state index contributed by atoms with van der Waals surface area (Å²) in [5.74, 6) is 0. The second-order valence-corrected chi connectivity index (χ2v) is 18.9. The number of hydrogen-bond donors (Lipinski definition) is 0. The van der Waals surface area contributed by atoms with Crippen LogP contribution in [0.4, 0.5) is 0 Å². The third kappa shape index (κ3) is 6.13. The zero-order valence-electron chi connectivity index (χ0n) is 35.5. The molecule has 0 N–H and O–H groups in total. The molecule has 302 valence electrons. The monoisotopic (exact) mass is 883 g/mol. The van der Waals surface area contributed by atoms with Crippen LogP contribution in [-0.2, 0) is 6.42 Å². The van der Waals surface area contributed by atoms with Gasteiger partial charge in [0.1, 0.15) is 0 Å². The fourth-order valence-corrected chi connectivity index (χ4v) is 13.0. The second-order valence-electron chi connectivity index (χ2n) is 16.7. The van der Waals surface area contributed by atoms with Crippen molar-refractivity contribution in [2.45, 2.75) is 20.3 Å². The number of benzene rings is 9. The average Bonchev–Trinajstić information content (AvgIpc) is 3.93. The van der Waals surface area contributed by atoms with Gasteiger partial charge in [-0.3, -0.25) is 0 Å². The van der Waals surface area contributed by atoms with Crippen LogP contribution in [0.1, 0.15) is 22.3 Å². The molecule has 1 aliphatic carbocycles. The van der Waals surface area contributed by atoms with Crippen molar-refractivity contribution in [2.75, 3.05) is 0 Å². The summed E-state index contributed by atoms with van der Waals surface area (Å²) in [6.45, 7) is 4.65. The summed E-state index contributed by atoms with van der Waals surface area (Å²) in [5, 5.41) is 16.1. The minimum atomic E-state index is 0.0105. The van der Waals surface area contributed by atoms with Gasteiger partial charge < -0.3 is 0 Å². The molecular formula is C60H41N3Se. The zero-order chi connectivity index (χ0) is 42.7. The number of fused-ring (bicyclic) bond motifs is 6. The zero-order valence-corrected chi connectivity index (χ0v) is 37.2. The van der Waals surface area contributed by atoms with E-state index in [0.29, 0.717) is 0 Å². The van der Waals surface area contributed by atoms with Gasteiger partial charge in [0.2, 0.25) is 0 Å². The molecule has 0 saturated heterocycles. The minimum absolute atomic E-state index is 0.0105. The third-order valence-electron chi connectivity index (χ3n) is 13.2. The van der Waals surface area contributed by atoms with Crippen molar-refractivity contribution in [2.24, 2.45) is 0 Å². The molecule has 0 spiro atoms. The first-order valence-electron chi connectivity index (χ1n) is 21.9. The van der Waals surface area contributed by atoms with Gasteiger partial charge >= 0.3 is 381 Å². The molecule has 2 aromatic heterocycles. The first kappa shape index (κ1) is 38.2. The summed E-state index contributed by atoms with van der Waals surface area (Å²) in [6.07, 6.45) is 2.64. The quantitative estimate of drug-likeness (QED) is 0.150. The molecule has 0 bridgehead atoms. The van der Waals surface area contributed by atoms with Crippen molar-refractivity contribution in [3.63, 3.8) is 0 Å². The molecule has 0 saturated carbocycles. The molecule has 4 heteroatoms. The van der Waals surface area contributed by atoms with Crippen molar-refractivity contribution >= 4 is 33.8 Å². The van der Waals surface area contributed by atoms with E-state index in [4.69, 9.17) is 5.10 Å². The van der Waals surface area contributed by atoms with Crippen molar-refractivity contribution in [3.8, 4) is 89.1 Å². The SMILES string of the molecule is Cc1cc2c(c(-c3c(-c4ccccc4)c(-c4ccccc4)c4[se]c5ccccc5c4c3-c3ccc(-c4ccccc4)c(-c4ccccc4)c3-c3ccnnn3)c1C)Cc1ccccc1-2. The topological polar surface area (TPSA) is 38.7 Å². The molecule has 64 heavy (non-hydrogen) atoms. The predicted molar refractivity (Wildman–Crippen MR) is 268 cm³/mol. The summed E-state index contributed by atoms with van der Waals surface area (Å²) < 4.78 is 2.80. The van der Waals surface area contributed by atoms with E-state index in [9.17, 15) is 0 Å². The molecule has 1 aliphatic rings. The fourth-order valence-electron chi connectivity index (χ4n) is 10.3. The van der Waals surface area contributed by atoms with Crippen LogP contribution >= 0.6 is 0 Å². The van der Waals surface area contributed by atoms with E-state index in [2.05, 4.69) is 212 Å². The van der Waals surface area contributed by atoms with Gasteiger partial charge in [-0.1, -0.05) is 0 Å². The summed E-state index contributed by atoms with van der Waals surface area (Å²) in [5.41, 5.74) is 24.3. The van der Waals surface area contributed by atoms with E-state index >= 15 is 0 Å². The van der Waals surface area contributed by atoms with Crippen molar-refractivity contribution in [1.29, 1.82) is 0 Å². The van der Waals surface area contributed by atoms with E-state index in [-0.39, 0.29) is 14.5 Å². The summed E-state index contributed by atoms with van der Waals surface area (Å²) in [6, 6.07) is 71.3. The molecule has 2 heterocycles. The van der Waals surface area contributed by atoms with Crippen molar-refractivity contribution < 1.29 is 0 Å². The van der Waals surface area contributed by atoms with Crippen LogP contribution < -0.4 is 0 Å². The first-order chi connectivity index (χ1) is 31.6. The molecule has 0 fully saturated rings. The Kier molecular flexibility index (Phi) is 9.37. The standard InChI is InChI=1S/C60H41N3Se/c1-37-35-48-44-28-16-15-27-43(44)36-49(48)52(38(37)2)59-54(41-23-11-5-12-24-41)55(42-25-13-6-14-26-42)60-58(46-29-17-18-30-51(46)64-60)57(59)47-32-31-45(39-19-7-3-8-20-39)53(40-21-9-4-10-22-40)56(47)50-33-34-61-63-62-50/h3-35H,36H2,1-2H3. The van der Waals surface area contributed by atoms with Crippen LogP contribution in [-0.4, -0.2) is 29.9 Å². The molecule has 3 nitrogen and oxygen atoms in total. The van der Waals surface area contributed by atoms with Crippen LogP contribution in [0.5, 0.6) is 0 Å². The van der Waals surface area contributed by atoms with Crippen LogP contribution in [0.15, 0.2) is 200 Å². The van der Waals surface area contributed by atoms with Crippen LogP contribution in [0.25, 0.3) is 108 Å². The Balaban J connectivity index is 1.38. The van der Waals surface area contributed by atoms with E-state index in [1.165, 1.54) is 91.6 Å². The second kappa shape index (κ2) is 15.7. The van der Waals surface area contributed by atoms with E-state index in [0.717, 1.165) is 45.5 Å². The van der Waals surface area contributed by atoms with Crippen molar-refractivity contribution in [1.82, 2.24) is 15.4 Å². The fraction of sp³-hybridized carbons (Fsp3) is 0.0500. The van der Waals surface area contributed by atoms with Crippen LogP contribution in [0.3, 0.4) is 0 Å².